The molecule has 6 rings (SSSR count). The van der Waals surface area contributed by atoms with Crippen molar-refractivity contribution in [2.24, 2.45) is 13.0 Å². The highest BCUT2D eigenvalue weighted by Gasteiger charge is 2.29. The molecule has 1 fully saturated rings. The average Bonchev–Trinajstić information content (AvgIpc) is 3.35. The van der Waals surface area contributed by atoms with Gasteiger partial charge in [-0.25, -0.2) is 0 Å². The highest BCUT2D eigenvalue weighted by atomic mass is 16.2. The lowest BCUT2D eigenvalue weighted by Gasteiger charge is -2.37. The quantitative estimate of drug-likeness (QED) is 0.308. The average molecular weight is 505 g/mol. The highest BCUT2D eigenvalue weighted by Crippen LogP contribution is 2.37. The summed E-state index contributed by atoms with van der Waals surface area (Å²) >= 11 is 0. The van der Waals surface area contributed by atoms with Gasteiger partial charge in [-0.1, -0.05) is 25.1 Å². The zero-order valence-electron chi connectivity index (χ0n) is 21.8. The van der Waals surface area contributed by atoms with Crippen LogP contribution in [0.2, 0.25) is 0 Å². The normalized spacial score (nSPS) is 15.2. The second-order valence-corrected chi connectivity index (χ2v) is 10.1. The Morgan fingerprint density at radius 2 is 1.89 bits per heavy atom. The number of nitrogens with zero attached hydrogens (tertiary/aromatic N) is 5. The molecule has 7 nitrogen and oxygen atoms in total. The minimum atomic E-state index is 0.0694. The Bertz CT molecular complexity index is 1590. The van der Waals surface area contributed by atoms with Crippen LogP contribution in [0.5, 0.6) is 0 Å². The second-order valence-electron chi connectivity index (χ2n) is 10.1. The fraction of sp³-hybridized carbons (Fsp3) is 0.290. The molecule has 38 heavy (non-hydrogen) atoms. The van der Waals surface area contributed by atoms with Gasteiger partial charge < -0.3 is 14.8 Å². The first-order chi connectivity index (χ1) is 18.6. The summed E-state index contributed by atoms with van der Waals surface area (Å²) in [7, 11) is 2.07. The third-order valence-electron chi connectivity index (χ3n) is 7.80. The number of aromatic nitrogens is 4. The van der Waals surface area contributed by atoms with E-state index in [-0.39, 0.29) is 11.9 Å². The monoisotopic (exact) mass is 504 g/mol. The molecular weight excluding hydrogens is 472 g/mol. The third-order valence-corrected chi connectivity index (χ3v) is 7.80. The molecule has 1 aliphatic heterocycles. The summed E-state index contributed by atoms with van der Waals surface area (Å²) < 4.78 is 2.14. The zero-order chi connectivity index (χ0) is 26.1. The molecule has 0 spiro atoms. The van der Waals surface area contributed by atoms with Crippen LogP contribution in [0.3, 0.4) is 0 Å². The van der Waals surface area contributed by atoms with Crippen LogP contribution in [0.1, 0.15) is 37.8 Å². The molecule has 1 amide bonds. The predicted octanol–water partition coefficient (Wildman–Crippen LogP) is 5.99. The number of anilines is 1. The lowest BCUT2D eigenvalue weighted by atomic mass is 9.85. The van der Waals surface area contributed by atoms with Crippen molar-refractivity contribution in [2.45, 2.75) is 32.2 Å². The van der Waals surface area contributed by atoms with Crippen LogP contribution < -0.4 is 5.32 Å². The van der Waals surface area contributed by atoms with E-state index in [0.717, 1.165) is 59.3 Å². The smallest absolute Gasteiger partial charge is 0.222 e. The van der Waals surface area contributed by atoms with Gasteiger partial charge in [-0.15, -0.1) is 0 Å². The third kappa shape index (κ3) is 4.60. The van der Waals surface area contributed by atoms with Crippen molar-refractivity contribution >= 4 is 33.5 Å². The number of hydrogen-bond acceptors (Lipinski definition) is 5. The summed E-state index contributed by atoms with van der Waals surface area (Å²) in [5, 5.41) is 5.07. The van der Waals surface area contributed by atoms with E-state index in [4.69, 9.17) is 4.98 Å². The molecule has 1 saturated heterocycles. The summed E-state index contributed by atoms with van der Waals surface area (Å²) in [6, 6.07) is 17.2. The number of benzene rings is 2. The molecular formula is C31H32N6O. The van der Waals surface area contributed by atoms with Gasteiger partial charge in [-0.05, 0) is 65.6 Å². The number of nitrogens with one attached hydrogen (secondary N) is 1. The Hall–Kier alpha value is -4.26. The number of amides is 1. The van der Waals surface area contributed by atoms with Crippen molar-refractivity contribution in [1.29, 1.82) is 0 Å². The van der Waals surface area contributed by atoms with Crippen LogP contribution in [0.25, 0.3) is 33.1 Å². The zero-order valence-corrected chi connectivity index (χ0v) is 21.8. The van der Waals surface area contributed by atoms with Gasteiger partial charge in [0.15, 0.2) is 0 Å². The molecule has 1 aliphatic rings. The molecule has 1 unspecified atom stereocenters. The van der Waals surface area contributed by atoms with Crippen LogP contribution in [-0.4, -0.2) is 43.4 Å². The van der Waals surface area contributed by atoms with Gasteiger partial charge >= 0.3 is 0 Å². The van der Waals surface area contributed by atoms with Crippen LogP contribution in [0.4, 0.5) is 5.69 Å². The number of aryl methyl sites for hydroxylation is 1. The number of piperidine rings is 1. The van der Waals surface area contributed by atoms with Gasteiger partial charge in [0.05, 0.1) is 17.1 Å². The minimum absolute atomic E-state index is 0.0694. The Morgan fingerprint density at radius 1 is 1.05 bits per heavy atom. The van der Waals surface area contributed by atoms with E-state index in [1.54, 1.807) is 12.4 Å². The largest absolute Gasteiger partial charge is 0.378 e. The van der Waals surface area contributed by atoms with Gasteiger partial charge in [0.1, 0.15) is 0 Å². The van der Waals surface area contributed by atoms with E-state index in [9.17, 15) is 4.79 Å². The van der Waals surface area contributed by atoms with Crippen molar-refractivity contribution in [3.63, 3.8) is 0 Å². The first-order valence-electron chi connectivity index (χ1n) is 13.3. The molecule has 0 radical (unpaired) electrons. The first kappa shape index (κ1) is 24.1. The van der Waals surface area contributed by atoms with Crippen LogP contribution in [-0.2, 0) is 11.8 Å². The molecule has 1 atom stereocenters. The standard InChI is InChI=1S/C31H32N6O/c1-3-29(38)37-15-9-22(10-16-37)30(24-5-4-11-32-20-24)35-25-18-26(31-27(19-25)33-12-13-34-31)23-7-6-21-8-14-36(2)28(21)17-23/h4-8,11-14,17-20,22,30,35H,3,9-10,15-16H2,1-2H3. The maximum Gasteiger partial charge on any atom is 0.222 e. The number of carbonyl (C=O) groups excluding carboxylic acids is 1. The van der Waals surface area contributed by atoms with E-state index >= 15 is 0 Å². The molecule has 7 heteroatoms. The van der Waals surface area contributed by atoms with Crippen molar-refractivity contribution in [1.82, 2.24) is 24.4 Å². The lowest BCUT2D eigenvalue weighted by Crippen LogP contribution is -2.40. The van der Waals surface area contributed by atoms with E-state index in [0.29, 0.717) is 12.3 Å². The summed E-state index contributed by atoms with van der Waals surface area (Å²) in [6.07, 6.45) is 11.8. The number of carbonyl (C=O) groups is 1. The molecule has 2 aromatic carbocycles. The molecule has 0 saturated carbocycles. The first-order valence-corrected chi connectivity index (χ1v) is 13.3. The van der Waals surface area contributed by atoms with E-state index in [1.807, 2.05) is 30.3 Å². The number of likely N-dealkylation sites (tertiary alicyclic amines) is 1. The van der Waals surface area contributed by atoms with Gasteiger partial charge in [0.2, 0.25) is 5.91 Å². The summed E-state index contributed by atoms with van der Waals surface area (Å²) in [6.45, 7) is 3.52. The van der Waals surface area contributed by atoms with Gasteiger partial charge in [-0.3, -0.25) is 19.7 Å². The minimum Gasteiger partial charge on any atom is -0.378 e. The molecule has 4 heterocycles. The van der Waals surface area contributed by atoms with Crippen molar-refractivity contribution in [3.8, 4) is 11.1 Å². The Labute approximate surface area is 222 Å². The van der Waals surface area contributed by atoms with Gasteiger partial charge in [0, 0.05) is 74.3 Å². The van der Waals surface area contributed by atoms with E-state index in [2.05, 4.69) is 75.6 Å². The van der Waals surface area contributed by atoms with Crippen LogP contribution >= 0.6 is 0 Å². The highest BCUT2D eigenvalue weighted by molar-refractivity contribution is 5.97. The maximum absolute atomic E-state index is 12.3. The summed E-state index contributed by atoms with van der Waals surface area (Å²) in [5.74, 6) is 0.614. The molecule has 3 aromatic heterocycles. The molecule has 0 bridgehead atoms. The number of pyridine rings is 1. The molecule has 0 aliphatic carbocycles. The summed E-state index contributed by atoms with van der Waals surface area (Å²) in [5.41, 5.74) is 7.23. The van der Waals surface area contributed by atoms with Crippen molar-refractivity contribution in [3.05, 3.63) is 85.1 Å². The van der Waals surface area contributed by atoms with Gasteiger partial charge in [-0.2, -0.15) is 0 Å². The fourth-order valence-electron chi connectivity index (χ4n) is 5.73. The Morgan fingerprint density at radius 3 is 2.68 bits per heavy atom. The number of rotatable bonds is 6. The van der Waals surface area contributed by atoms with E-state index in [1.165, 1.54) is 10.9 Å². The molecule has 192 valence electrons. The predicted molar refractivity (Wildman–Crippen MR) is 152 cm³/mol. The SMILES string of the molecule is CCC(=O)N1CCC(C(Nc2cc(-c3ccc4ccn(C)c4c3)c3nccnc3c2)c2cccnc2)CC1. The lowest BCUT2D eigenvalue weighted by molar-refractivity contribution is -0.132. The Kier molecular flexibility index (Phi) is 6.50. The molecule has 5 aromatic rings. The number of hydrogen-bond donors (Lipinski definition) is 1. The van der Waals surface area contributed by atoms with Crippen LogP contribution in [0, 0.1) is 5.92 Å². The van der Waals surface area contributed by atoms with Crippen molar-refractivity contribution in [2.75, 3.05) is 18.4 Å². The molecule has 1 N–H and O–H groups in total. The second kappa shape index (κ2) is 10.2. The van der Waals surface area contributed by atoms with Crippen LogP contribution in [0.15, 0.2) is 79.5 Å². The fourth-order valence-corrected chi connectivity index (χ4v) is 5.73. The summed E-state index contributed by atoms with van der Waals surface area (Å²) in [4.78, 5) is 28.1. The topological polar surface area (TPSA) is 75.9 Å². The Balaban J connectivity index is 1.38. The number of fused-ring (bicyclic) bond motifs is 2. The maximum atomic E-state index is 12.3. The van der Waals surface area contributed by atoms with Gasteiger partial charge in [0.25, 0.3) is 0 Å². The van der Waals surface area contributed by atoms with Crippen molar-refractivity contribution < 1.29 is 4.79 Å². The van der Waals surface area contributed by atoms with E-state index < -0.39 is 0 Å².